The van der Waals surface area contributed by atoms with E-state index in [2.05, 4.69) is 23.0 Å². The Hall–Kier alpha value is -3.58. The molecule has 1 N–H and O–H groups in total. The van der Waals surface area contributed by atoms with E-state index in [1.54, 1.807) is 36.3 Å². The van der Waals surface area contributed by atoms with Gasteiger partial charge in [0.05, 0.1) is 10.7 Å². The van der Waals surface area contributed by atoms with Crippen LogP contribution < -0.4 is 4.90 Å². The molecule has 0 saturated carbocycles. The molecule has 0 spiro atoms. The maximum atomic E-state index is 9.85. The van der Waals surface area contributed by atoms with Crippen LogP contribution in [0.5, 0.6) is 5.75 Å². The molecule has 0 radical (unpaired) electrons. The van der Waals surface area contributed by atoms with Crippen LogP contribution in [0.4, 0.5) is 5.69 Å². The number of phenols is 1. The lowest BCUT2D eigenvalue weighted by Gasteiger charge is -2.29. The van der Waals surface area contributed by atoms with Crippen LogP contribution in [0.25, 0.3) is 5.65 Å². The summed E-state index contributed by atoms with van der Waals surface area (Å²) in [6, 6.07) is 17.3. The van der Waals surface area contributed by atoms with Gasteiger partial charge >= 0.3 is 0 Å². The van der Waals surface area contributed by atoms with Crippen LogP contribution in [-0.4, -0.2) is 31.9 Å². The van der Waals surface area contributed by atoms with Crippen molar-refractivity contribution in [3.8, 4) is 5.75 Å². The molecule has 1 aliphatic heterocycles. The second kappa shape index (κ2) is 8.88. The van der Waals surface area contributed by atoms with Crippen molar-refractivity contribution >= 4 is 28.9 Å². The summed E-state index contributed by atoms with van der Waals surface area (Å²) in [4.78, 5) is 16.1. The van der Waals surface area contributed by atoms with Crippen molar-refractivity contribution in [3.05, 3.63) is 101 Å². The number of anilines is 1. The largest absolute Gasteiger partial charge is 0.508 e. The topological polar surface area (TPSA) is 66.0 Å². The van der Waals surface area contributed by atoms with E-state index in [9.17, 15) is 5.11 Å². The maximum absolute atomic E-state index is 9.85. The Labute approximate surface area is 191 Å². The number of aliphatic imine (C=N–C) groups is 1. The molecule has 5 rings (SSSR count). The van der Waals surface area contributed by atoms with E-state index in [4.69, 9.17) is 9.98 Å². The van der Waals surface area contributed by atoms with Crippen molar-refractivity contribution in [2.24, 2.45) is 4.99 Å². The summed E-state index contributed by atoms with van der Waals surface area (Å²) in [5, 5.41) is 11.0. The highest BCUT2D eigenvalue weighted by molar-refractivity contribution is 8.02. The van der Waals surface area contributed by atoms with Gasteiger partial charge in [0, 0.05) is 48.3 Å². The number of rotatable bonds is 5. The van der Waals surface area contributed by atoms with Crippen molar-refractivity contribution in [1.29, 1.82) is 0 Å². The van der Waals surface area contributed by atoms with Crippen LogP contribution in [0.15, 0.2) is 95.0 Å². The Morgan fingerprint density at radius 1 is 1.03 bits per heavy atom. The predicted octanol–water partition coefficient (Wildman–Crippen LogP) is 5.26. The minimum atomic E-state index is 0.241. The highest BCUT2D eigenvalue weighted by atomic mass is 32.2. The van der Waals surface area contributed by atoms with E-state index in [-0.39, 0.29) is 5.75 Å². The van der Waals surface area contributed by atoms with Crippen molar-refractivity contribution < 1.29 is 5.11 Å². The first-order valence-electron chi connectivity index (χ1n) is 10.5. The zero-order valence-electron chi connectivity index (χ0n) is 17.7. The summed E-state index contributed by atoms with van der Waals surface area (Å²) in [6.45, 7) is 2.89. The summed E-state index contributed by atoms with van der Waals surface area (Å²) in [6.07, 6.45) is 8.56. The number of pyridine rings is 2. The van der Waals surface area contributed by atoms with Gasteiger partial charge in [-0.3, -0.25) is 14.9 Å². The van der Waals surface area contributed by atoms with Gasteiger partial charge in [0.25, 0.3) is 0 Å². The number of aromatic hydroxyl groups is 1. The van der Waals surface area contributed by atoms with Crippen LogP contribution in [0, 0.1) is 0 Å². The predicted molar refractivity (Wildman–Crippen MR) is 130 cm³/mol. The van der Waals surface area contributed by atoms with E-state index in [0.717, 1.165) is 52.2 Å². The van der Waals surface area contributed by atoms with E-state index in [0.29, 0.717) is 0 Å². The number of aromatic nitrogens is 3. The zero-order chi connectivity index (χ0) is 21.9. The van der Waals surface area contributed by atoms with Crippen molar-refractivity contribution in [2.45, 2.75) is 19.1 Å². The smallest absolute Gasteiger partial charge is 0.140 e. The molecule has 1 aromatic carbocycles. The SMILES string of the molecule is CC1=C(SCc2cn3ccccc3n2)N(c2ccc(O)cc2)C(c2ccncc2)=NCC1. The first kappa shape index (κ1) is 20.3. The molecule has 4 heterocycles. The average molecular weight is 442 g/mol. The lowest BCUT2D eigenvalue weighted by Crippen LogP contribution is -2.30. The quantitative estimate of drug-likeness (QED) is 0.458. The van der Waals surface area contributed by atoms with Crippen LogP contribution in [0.2, 0.25) is 0 Å². The second-order valence-corrected chi connectivity index (χ2v) is 8.58. The average Bonchev–Trinajstić information content (AvgIpc) is 3.16. The van der Waals surface area contributed by atoms with Gasteiger partial charge in [-0.2, -0.15) is 0 Å². The number of benzene rings is 1. The van der Waals surface area contributed by atoms with Gasteiger partial charge in [-0.25, -0.2) is 4.98 Å². The van der Waals surface area contributed by atoms with Crippen molar-refractivity contribution in [1.82, 2.24) is 14.4 Å². The number of imidazole rings is 1. The third-order valence-corrected chi connectivity index (χ3v) is 6.59. The van der Waals surface area contributed by atoms with Gasteiger partial charge in [0.1, 0.15) is 17.2 Å². The molecule has 0 unspecified atom stereocenters. The summed E-state index contributed by atoms with van der Waals surface area (Å²) < 4.78 is 2.05. The zero-order valence-corrected chi connectivity index (χ0v) is 18.5. The Morgan fingerprint density at radius 3 is 2.62 bits per heavy atom. The van der Waals surface area contributed by atoms with Crippen LogP contribution in [-0.2, 0) is 5.75 Å². The molecule has 0 fully saturated rings. The Morgan fingerprint density at radius 2 is 1.84 bits per heavy atom. The fraction of sp³-hybridized carbons (Fsp3) is 0.160. The summed E-state index contributed by atoms with van der Waals surface area (Å²) >= 11 is 1.76. The molecule has 0 saturated heterocycles. The molecule has 3 aromatic heterocycles. The van der Waals surface area contributed by atoms with E-state index in [1.807, 2.05) is 53.1 Å². The lowest BCUT2D eigenvalue weighted by molar-refractivity contribution is 0.475. The standard InChI is InChI=1S/C25H23N5OS/c1-18-9-14-27-24(19-10-12-26-13-11-19)30(21-5-7-22(31)8-6-21)25(18)32-17-20-16-29-15-3-2-4-23(29)28-20/h2-8,10-13,15-16,31H,9,14,17H2,1H3. The number of fused-ring (bicyclic) bond motifs is 1. The third kappa shape index (κ3) is 4.11. The molecule has 6 nitrogen and oxygen atoms in total. The lowest BCUT2D eigenvalue weighted by atomic mass is 10.2. The van der Waals surface area contributed by atoms with Gasteiger partial charge in [-0.15, -0.1) is 11.8 Å². The highest BCUT2D eigenvalue weighted by Gasteiger charge is 2.25. The molecule has 160 valence electrons. The molecular weight excluding hydrogens is 418 g/mol. The number of hydrogen-bond acceptors (Lipinski definition) is 6. The number of phenolic OH excluding ortho intramolecular Hbond substituents is 1. The molecular formula is C25H23N5OS. The number of thioether (sulfide) groups is 1. The number of nitrogens with zero attached hydrogens (tertiary/aromatic N) is 5. The molecule has 0 atom stereocenters. The normalized spacial score (nSPS) is 14.5. The summed E-state index contributed by atoms with van der Waals surface area (Å²) in [7, 11) is 0. The first-order valence-corrected chi connectivity index (χ1v) is 11.5. The Balaban J connectivity index is 1.54. The molecule has 7 heteroatoms. The number of hydrogen-bond donors (Lipinski definition) is 1. The number of amidine groups is 1. The Bertz CT molecular complexity index is 1260. The fourth-order valence-corrected chi connectivity index (χ4v) is 4.84. The molecule has 0 aliphatic carbocycles. The monoisotopic (exact) mass is 441 g/mol. The maximum Gasteiger partial charge on any atom is 0.140 e. The summed E-state index contributed by atoms with van der Waals surface area (Å²) in [5.41, 5.74) is 5.22. The van der Waals surface area contributed by atoms with Gasteiger partial charge < -0.3 is 9.51 Å². The van der Waals surface area contributed by atoms with E-state index >= 15 is 0 Å². The van der Waals surface area contributed by atoms with Crippen LogP contribution >= 0.6 is 11.8 Å². The highest BCUT2D eigenvalue weighted by Crippen LogP contribution is 2.36. The van der Waals surface area contributed by atoms with Crippen LogP contribution in [0.1, 0.15) is 24.6 Å². The molecule has 0 bridgehead atoms. The van der Waals surface area contributed by atoms with Gasteiger partial charge in [-0.1, -0.05) is 6.07 Å². The molecule has 4 aromatic rings. The van der Waals surface area contributed by atoms with Crippen molar-refractivity contribution in [3.63, 3.8) is 0 Å². The first-order chi connectivity index (χ1) is 15.7. The van der Waals surface area contributed by atoms with Crippen LogP contribution in [0.3, 0.4) is 0 Å². The third-order valence-electron chi connectivity index (χ3n) is 5.35. The van der Waals surface area contributed by atoms with Crippen molar-refractivity contribution in [2.75, 3.05) is 11.4 Å². The minimum absolute atomic E-state index is 0.241. The molecule has 0 amide bonds. The minimum Gasteiger partial charge on any atom is -0.508 e. The van der Waals surface area contributed by atoms with Gasteiger partial charge in [0.15, 0.2) is 0 Å². The van der Waals surface area contributed by atoms with Gasteiger partial charge in [-0.05, 0) is 67.4 Å². The summed E-state index contributed by atoms with van der Waals surface area (Å²) in [5.74, 6) is 1.87. The Kier molecular flexibility index (Phi) is 5.64. The van der Waals surface area contributed by atoms with E-state index < -0.39 is 0 Å². The second-order valence-electron chi connectivity index (χ2n) is 7.62. The van der Waals surface area contributed by atoms with E-state index in [1.165, 1.54) is 5.57 Å². The fourth-order valence-electron chi connectivity index (χ4n) is 3.74. The molecule has 32 heavy (non-hydrogen) atoms. The molecule has 1 aliphatic rings. The van der Waals surface area contributed by atoms with Gasteiger partial charge in [0.2, 0.25) is 0 Å².